The first-order valence-electron chi connectivity index (χ1n) is 6.79. The van der Waals surface area contributed by atoms with E-state index in [-0.39, 0.29) is 5.54 Å². The van der Waals surface area contributed by atoms with E-state index in [1.54, 1.807) is 0 Å². The second-order valence-corrected chi connectivity index (χ2v) is 6.64. The minimum absolute atomic E-state index is 0.232. The number of nitrogens with one attached hydrogen (secondary N) is 1. The van der Waals surface area contributed by atoms with Crippen molar-refractivity contribution in [1.29, 1.82) is 0 Å². The molecular formula is C15H29N. The average Bonchev–Trinajstić information content (AvgIpc) is 2.18. The Bertz CT molecular complexity index is 226. The highest BCUT2D eigenvalue weighted by molar-refractivity contribution is 5.04. The predicted octanol–water partition coefficient (Wildman–Crippen LogP) is 4.15. The lowest BCUT2D eigenvalue weighted by atomic mass is 9.82. The van der Waals surface area contributed by atoms with Gasteiger partial charge in [0.15, 0.2) is 0 Å². The maximum absolute atomic E-state index is 3.55. The van der Waals surface area contributed by atoms with Crippen molar-refractivity contribution in [2.24, 2.45) is 11.8 Å². The van der Waals surface area contributed by atoms with Gasteiger partial charge in [0.05, 0.1) is 0 Å². The molecule has 0 amide bonds. The van der Waals surface area contributed by atoms with E-state index in [0.29, 0.717) is 0 Å². The largest absolute Gasteiger partial charge is 0.308 e. The highest BCUT2D eigenvalue weighted by atomic mass is 14.9. The van der Waals surface area contributed by atoms with E-state index < -0.39 is 0 Å². The maximum Gasteiger partial charge on any atom is 0.0166 e. The van der Waals surface area contributed by atoms with Crippen LogP contribution < -0.4 is 5.32 Å². The molecule has 1 rings (SSSR count). The SMILES string of the molecule is C/C(=C/C1CCC(C)CC1)CNC(C)(C)C. The van der Waals surface area contributed by atoms with E-state index in [1.807, 2.05) is 0 Å². The molecule has 0 bridgehead atoms. The molecule has 0 heterocycles. The first-order chi connectivity index (χ1) is 7.37. The highest BCUT2D eigenvalue weighted by Crippen LogP contribution is 2.29. The van der Waals surface area contributed by atoms with Crippen LogP contribution >= 0.6 is 0 Å². The molecule has 0 spiro atoms. The van der Waals surface area contributed by atoms with Gasteiger partial charge in [-0.1, -0.05) is 31.4 Å². The van der Waals surface area contributed by atoms with Gasteiger partial charge in [-0.05, 0) is 52.4 Å². The van der Waals surface area contributed by atoms with E-state index in [0.717, 1.165) is 18.4 Å². The Labute approximate surface area is 102 Å². The molecule has 94 valence electrons. The van der Waals surface area contributed by atoms with Gasteiger partial charge in [0.2, 0.25) is 0 Å². The third-order valence-electron chi connectivity index (χ3n) is 3.48. The first kappa shape index (κ1) is 13.8. The van der Waals surface area contributed by atoms with Crippen LogP contribution in [0.2, 0.25) is 0 Å². The molecule has 0 aromatic heterocycles. The van der Waals surface area contributed by atoms with Gasteiger partial charge in [-0.2, -0.15) is 0 Å². The second kappa shape index (κ2) is 5.86. The zero-order chi connectivity index (χ0) is 12.2. The van der Waals surface area contributed by atoms with Crippen LogP contribution in [0.3, 0.4) is 0 Å². The Morgan fingerprint density at radius 2 is 1.75 bits per heavy atom. The van der Waals surface area contributed by atoms with Crippen molar-refractivity contribution in [2.45, 2.75) is 65.8 Å². The zero-order valence-corrected chi connectivity index (χ0v) is 11.8. The van der Waals surface area contributed by atoms with Crippen LogP contribution in [0.4, 0.5) is 0 Å². The van der Waals surface area contributed by atoms with Crippen LogP contribution in [-0.2, 0) is 0 Å². The van der Waals surface area contributed by atoms with Crippen LogP contribution in [-0.4, -0.2) is 12.1 Å². The molecular weight excluding hydrogens is 194 g/mol. The van der Waals surface area contributed by atoms with Crippen molar-refractivity contribution < 1.29 is 0 Å². The van der Waals surface area contributed by atoms with Gasteiger partial charge in [-0.3, -0.25) is 0 Å². The van der Waals surface area contributed by atoms with Crippen LogP contribution in [0.15, 0.2) is 11.6 Å². The molecule has 0 saturated heterocycles. The van der Waals surface area contributed by atoms with Crippen molar-refractivity contribution >= 4 is 0 Å². The molecule has 0 unspecified atom stereocenters. The van der Waals surface area contributed by atoms with Crippen molar-refractivity contribution in [3.8, 4) is 0 Å². The Hall–Kier alpha value is -0.300. The molecule has 0 aromatic carbocycles. The van der Waals surface area contributed by atoms with Gasteiger partial charge in [0, 0.05) is 12.1 Å². The topological polar surface area (TPSA) is 12.0 Å². The number of hydrogen-bond acceptors (Lipinski definition) is 1. The lowest BCUT2D eigenvalue weighted by Gasteiger charge is -2.25. The summed E-state index contributed by atoms with van der Waals surface area (Å²) in [7, 11) is 0. The van der Waals surface area contributed by atoms with E-state index in [2.05, 4.69) is 46.0 Å². The van der Waals surface area contributed by atoms with Gasteiger partial charge >= 0.3 is 0 Å². The fourth-order valence-corrected chi connectivity index (χ4v) is 2.32. The van der Waals surface area contributed by atoms with Gasteiger partial charge in [-0.15, -0.1) is 0 Å². The molecule has 1 saturated carbocycles. The third kappa shape index (κ3) is 5.69. The normalized spacial score (nSPS) is 28.2. The lowest BCUT2D eigenvalue weighted by Crippen LogP contribution is -2.36. The number of rotatable bonds is 3. The fraction of sp³-hybridized carbons (Fsp3) is 0.867. The molecule has 1 aliphatic carbocycles. The molecule has 0 radical (unpaired) electrons. The minimum Gasteiger partial charge on any atom is -0.308 e. The monoisotopic (exact) mass is 223 g/mol. The second-order valence-electron chi connectivity index (χ2n) is 6.64. The van der Waals surface area contributed by atoms with Gasteiger partial charge < -0.3 is 5.32 Å². The van der Waals surface area contributed by atoms with Crippen LogP contribution in [0.1, 0.15) is 60.3 Å². The van der Waals surface area contributed by atoms with Gasteiger partial charge in [-0.25, -0.2) is 0 Å². The third-order valence-corrected chi connectivity index (χ3v) is 3.48. The summed E-state index contributed by atoms with van der Waals surface area (Å²) in [6, 6.07) is 0. The minimum atomic E-state index is 0.232. The molecule has 1 nitrogen and oxygen atoms in total. The molecule has 1 N–H and O–H groups in total. The zero-order valence-electron chi connectivity index (χ0n) is 11.8. The summed E-state index contributed by atoms with van der Waals surface area (Å²) >= 11 is 0. The summed E-state index contributed by atoms with van der Waals surface area (Å²) in [4.78, 5) is 0. The van der Waals surface area contributed by atoms with Crippen molar-refractivity contribution in [3.63, 3.8) is 0 Å². The molecule has 0 aliphatic heterocycles. The summed E-state index contributed by atoms with van der Waals surface area (Å²) in [5.74, 6) is 1.80. The number of allylic oxidation sites excluding steroid dienone is 1. The smallest absolute Gasteiger partial charge is 0.0166 e. The summed E-state index contributed by atoms with van der Waals surface area (Å²) in [5, 5.41) is 3.55. The Kier molecular flexibility index (Phi) is 5.04. The van der Waals surface area contributed by atoms with E-state index in [9.17, 15) is 0 Å². The van der Waals surface area contributed by atoms with Gasteiger partial charge in [0.25, 0.3) is 0 Å². The van der Waals surface area contributed by atoms with E-state index >= 15 is 0 Å². The molecule has 0 aromatic rings. The molecule has 1 heteroatoms. The standard InChI is InChI=1S/C15H29N/c1-12-6-8-14(9-7-12)10-13(2)11-16-15(3,4)5/h10,12,14,16H,6-9,11H2,1-5H3/b13-10-. The first-order valence-corrected chi connectivity index (χ1v) is 6.79. The Balaban J connectivity index is 2.32. The summed E-state index contributed by atoms with van der Waals surface area (Å²) in [6.07, 6.45) is 8.13. The molecule has 16 heavy (non-hydrogen) atoms. The molecule has 0 atom stereocenters. The van der Waals surface area contributed by atoms with Crippen molar-refractivity contribution in [1.82, 2.24) is 5.32 Å². The predicted molar refractivity (Wildman–Crippen MR) is 72.6 cm³/mol. The van der Waals surface area contributed by atoms with Crippen LogP contribution in [0.5, 0.6) is 0 Å². The van der Waals surface area contributed by atoms with Crippen LogP contribution in [0.25, 0.3) is 0 Å². The van der Waals surface area contributed by atoms with Gasteiger partial charge in [0.1, 0.15) is 0 Å². The molecule has 1 aliphatic rings. The summed E-state index contributed by atoms with van der Waals surface area (Å²) in [5.41, 5.74) is 1.74. The van der Waals surface area contributed by atoms with Crippen molar-refractivity contribution in [2.75, 3.05) is 6.54 Å². The Morgan fingerprint density at radius 3 is 2.25 bits per heavy atom. The summed E-state index contributed by atoms with van der Waals surface area (Å²) in [6.45, 7) is 12.4. The Morgan fingerprint density at radius 1 is 1.19 bits per heavy atom. The highest BCUT2D eigenvalue weighted by Gasteiger charge is 2.16. The van der Waals surface area contributed by atoms with E-state index in [1.165, 1.54) is 31.3 Å². The summed E-state index contributed by atoms with van der Waals surface area (Å²) < 4.78 is 0. The lowest BCUT2D eigenvalue weighted by molar-refractivity contribution is 0.329. The number of hydrogen-bond donors (Lipinski definition) is 1. The fourth-order valence-electron chi connectivity index (χ4n) is 2.32. The maximum atomic E-state index is 3.55. The van der Waals surface area contributed by atoms with Crippen molar-refractivity contribution in [3.05, 3.63) is 11.6 Å². The average molecular weight is 223 g/mol. The van der Waals surface area contributed by atoms with Crippen LogP contribution in [0, 0.1) is 11.8 Å². The van der Waals surface area contributed by atoms with E-state index in [4.69, 9.17) is 0 Å². The molecule has 1 fully saturated rings. The quantitative estimate of drug-likeness (QED) is 0.709.